The molecule has 0 aliphatic heterocycles. The van der Waals surface area contributed by atoms with Gasteiger partial charge in [0.05, 0.1) is 12.2 Å². The van der Waals surface area contributed by atoms with Crippen molar-refractivity contribution >= 4 is 11.8 Å². The number of carbonyl (C=O) groups is 2. The second-order valence-electron chi connectivity index (χ2n) is 5.03. The average molecular weight is 292 g/mol. The molecule has 1 N–H and O–H groups in total. The summed E-state index contributed by atoms with van der Waals surface area (Å²) < 4.78 is 5.69. The van der Waals surface area contributed by atoms with E-state index in [9.17, 15) is 9.59 Å². The number of carboxylic acid groups (broad SMARTS) is 1. The Bertz CT molecular complexity index is 454. The van der Waals surface area contributed by atoms with Crippen LogP contribution in [0.5, 0.6) is 5.75 Å². The maximum atomic E-state index is 11.8. The average Bonchev–Trinajstić information content (AvgIpc) is 2.49. The second kappa shape index (κ2) is 9.97. The van der Waals surface area contributed by atoms with Crippen molar-refractivity contribution in [1.82, 2.24) is 0 Å². The zero-order valence-electron chi connectivity index (χ0n) is 12.6. The van der Waals surface area contributed by atoms with Crippen LogP contribution in [0.25, 0.3) is 0 Å². The highest BCUT2D eigenvalue weighted by molar-refractivity contribution is 5.98. The molecule has 0 heterocycles. The summed E-state index contributed by atoms with van der Waals surface area (Å²) >= 11 is 0. The summed E-state index contributed by atoms with van der Waals surface area (Å²) in [5.74, 6) is 0.0324. The number of benzene rings is 1. The third-order valence-corrected chi connectivity index (χ3v) is 3.30. The Morgan fingerprint density at radius 1 is 1.05 bits per heavy atom. The molecule has 0 radical (unpaired) electrons. The van der Waals surface area contributed by atoms with Gasteiger partial charge in [-0.1, -0.05) is 38.3 Å². The molecular weight excluding hydrogens is 268 g/mol. The first-order chi connectivity index (χ1) is 10.1. The van der Waals surface area contributed by atoms with Crippen LogP contribution in [-0.2, 0) is 4.79 Å². The van der Waals surface area contributed by atoms with E-state index in [1.165, 1.54) is 0 Å². The van der Waals surface area contributed by atoms with Gasteiger partial charge in [0.1, 0.15) is 5.75 Å². The van der Waals surface area contributed by atoms with Crippen molar-refractivity contribution in [1.29, 1.82) is 0 Å². The van der Waals surface area contributed by atoms with Crippen LogP contribution < -0.4 is 4.74 Å². The first kappa shape index (κ1) is 17.2. The fourth-order valence-corrected chi connectivity index (χ4v) is 2.10. The molecule has 21 heavy (non-hydrogen) atoms. The molecule has 1 rings (SSSR count). The topological polar surface area (TPSA) is 63.6 Å². The van der Waals surface area contributed by atoms with Crippen molar-refractivity contribution in [3.63, 3.8) is 0 Å². The lowest BCUT2D eigenvalue weighted by Gasteiger charge is -2.10. The monoisotopic (exact) mass is 292 g/mol. The van der Waals surface area contributed by atoms with Crippen LogP contribution in [0.2, 0.25) is 0 Å². The maximum Gasteiger partial charge on any atom is 0.303 e. The van der Waals surface area contributed by atoms with Crippen LogP contribution in [0, 0.1) is 0 Å². The highest BCUT2D eigenvalue weighted by Crippen LogP contribution is 2.20. The number of ether oxygens (including phenoxy) is 1. The molecule has 1 aromatic rings. The molecule has 0 fully saturated rings. The molecule has 0 saturated heterocycles. The van der Waals surface area contributed by atoms with Gasteiger partial charge in [0, 0.05) is 12.8 Å². The summed E-state index contributed by atoms with van der Waals surface area (Å²) in [6.07, 6.45) is 5.37. The van der Waals surface area contributed by atoms with Crippen LogP contribution in [0.1, 0.15) is 62.2 Å². The molecule has 4 heteroatoms. The molecule has 0 unspecified atom stereocenters. The van der Waals surface area contributed by atoms with Crippen LogP contribution in [0.4, 0.5) is 0 Å². The quantitative estimate of drug-likeness (QED) is 0.493. The standard InChI is InChI=1S/C17H24O4/c1-2-15(18)14-10-7-8-11-16(14)21-13-9-5-3-4-6-12-17(19)20/h7-8,10-11H,2-6,9,12-13H2,1H3,(H,19,20). The van der Waals surface area contributed by atoms with E-state index in [1.807, 2.05) is 25.1 Å². The van der Waals surface area contributed by atoms with E-state index in [2.05, 4.69) is 0 Å². The molecule has 0 spiro atoms. The van der Waals surface area contributed by atoms with Crippen molar-refractivity contribution in [3.05, 3.63) is 29.8 Å². The van der Waals surface area contributed by atoms with E-state index in [0.717, 1.165) is 32.1 Å². The lowest BCUT2D eigenvalue weighted by Crippen LogP contribution is -2.04. The summed E-state index contributed by atoms with van der Waals surface area (Å²) in [5.41, 5.74) is 0.654. The lowest BCUT2D eigenvalue weighted by molar-refractivity contribution is -0.137. The highest BCUT2D eigenvalue weighted by Gasteiger charge is 2.09. The largest absolute Gasteiger partial charge is 0.493 e. The van der Waals surface area contributed by atoms with Crippen LogP contribution in [0.15, 0.2) is 24.3 Å². The Hall–Kier alpha value is -1.84. The molecule has 116 valence electrons. The van der Waals surface area contributed by atoms with Crippen molar-refractivity contribution in [2.45, 2.75) is 51.9 Å². The summed E-state index contributed by atoms with van der Waals surface area (Å²) in [6, 6.07) is 7.34. The fraction of sp³-hybridized carbons (Fsp3) is 0.529. The van der Waals surface area contributed by atoms with Gasteiger partial charge in [-0.05, 0) is 25.0 Å². The number of hydrogen-bond donors (Lipinski definition) is 1. The molecule has 0 bridgehead atoms. The zero-order chi connectivity index (χ0) is 15.5. The summed E-state index contributed by atoms with van der Waals surface area (Å²) in [5, 5.41) is 8.52. The number of ketones is 1. The lowest BCUT2D eigenvalue weighted by atomic mass is 10.1. The fourth-order valence-electron chi connectivity index (χ4n) is 2.10. The predicted octanol–water partition coefficient (Wildman–Crippen LogP) is 4.08. The molecule has 0 aromatic heterocycles. The Morgan fingerprint density at radius 2 is 1.71 bits per heavy atom. The molecule has 0 amide bonds. The van der Waals surface area contributed by atoms with E-state index < -0.39 is 5.97 Å². The number of rotatable bonds is 11. The van der Waals surface area contributed by atoms with E-state index in [4.69, 9.17) is 9.84 Å². The smallest absolute Gasteiger partial charge is 0.303 e. The van der Waals surface area contributed by atoms with Gasteiger partial charge in [-0.15, -0.1) is 0 Å². The van der Waals surface area contributed by atoms with E-state index >= 15 is 0 Å². The number of carbonyl (C=O) groups excluding carboxylic acids is 1. The molecule has 0 saturated carbocycles. The van der Waals surface area contributed by atoms with Crippen molar-refractivity contribution in [2.24, 2.45) is 0 Å². The van der Waals surface area contributed by atoms with Crippen LogP contribution in [-0.4, -0.2) is 23.5 Å². The minimum atomic E-state index is -0.726. The van der Waals surface area contributed by atoms with Gasteiger partial charge in [0.15, 0.2) is 5.78 Å². The van der Waals surface area contributed by atoms with Gasteiger partial charge in [-0.25, -0.2) is 0 Å². The summed E-state index contributed by atoms with van der Waals surface area (Å²) in [6.45, 7) is 2.43. The predicted molar refractivity (Wildman–Crippen MR) is 81.9 cm³/mol. The first-order valence-corrected chi connectivity index (χ1v) is 7.62. The molecule has 1 aromatic carbocycles. The van der Waals surface area contributed by atoms with Gasteiger partial charge < -0.3 is 9.84 Å². The second-order valence-corrected chi connectivity index (χ2v) is 5.03. The van der Waals surface area contributed by atoms with Crippen LogP contribution in [0.3, 0.4) is 0 Å². The minimum absolute atomic E-state index is 0.0965. The number of hydrogen-bond acceptors (Lipinski definition) is 3. The normalized spacial score (nSPS) is 10.3. The van der Waals surface area contributed by atoms with Crippen molar-refractivity contribution < 1.29 is 19.4 Å². The molecule has 0 atom stereocenters. The number of Topliss-reactive ketones (excluding diaryl/α,β-unsaturated/α-hetero) is 1. The minimum Gasteiger partial charge on any atom is -0.493 e. The van der Waals surface area contributed by atoms with Gasteiger partial charge in [-0.2, -0.15) is 0 Å². The molecule has 0 aliphatic rings. The number of aliphatic carboxylic acids is 1. The Kier molecular flexibility index (Phi) is 8.17. The number of unbranched alkanes of at least 4 members (excludes halogenated alkanes) is 4. The molecular formula is C17H24O4. The highest BCUT2D eigenvalue weighted by atomic mass is 16.5. The van der Waals surface area contributed by atoms with Crippen molar-refractivity contribution in [3.8, 4) is 5.75 Å². The SMILES string of the molecule is CCC(=O)c1ccccc1OCCCCCCCC(=O)O. The van der Waals surface area contributed by atoms with E-state index in [0.29, 0.717) is 24.3 Å². The summed E-state index contributed by atoms with van der Waals surface area (Å²) in [4.78, 5) is 22.1. The zero-order valence-corrected chi connectivity index (χ0v) is 12.6. The Morgan fingerprint density at radius 3 is 2.43 bits per heavy atom. The van der Waals surface area contributed by atoms with Gasteiger partial charge in [0.25, 0.3) is 0 Å². The Balaban J connectivity index is 2.21. The van der Waals surface area contributed by atoms with Gasteiger partial charge in [-0.3, -0.25) is 9.59 Å². The number of carboxylic acids is 1. The van der Waals surface area contributed by atoms with Crippen LogP contribution >= 0.6 is 0 Å². The molecule has 4 nitrogen and oxygen atoms in total. The molecule has 0 aliphatic carbocycles. The first-order valence-electron chi connectivity index (χ1n) is 7.62. The van der Waals surface area contributed by atoms with E-state index in [-0.39, 0.29) is 12.2 Å². The third-order valence-electron chi connectivity index (χ3n) is 3.30. The number of para-hydroxylation sites is 1. The van der Waals surface area contributed by atoms with E-state index in [1.54, 1.807) is 6.07 Å². The van der Waals surface area contributed by atoms with Crippen molar-refractivity contribution in [2.75, 3.05) is 6.61 Å². The Labute approximate surface area is 126 Å². The maximum absolute atomic E-state index is 11.8. The third kappa shape index (κ3) is 6.93. The summed E-state index contributed by atoms with van der Waals surface area (Å²) in [7, 11) is 0. The van der Waals surface area contributed by atoms with Gasteiger partial charge in [0.2, 0.25) is 0 Å². The van der Waals surface area contributed by atoms with Gasteiger partial charge >= 0.3 is 5.97 Å².